The van der Waals surface area contributed by atoms with Crippen LogP contribution >= 0.6 is 27.3 Å². The Bertz CT molecular complexity index is 1090. The first-order valence-electron chi connectivity index (χ1n) is 10.8. The number of likely N-dealkylation sites (tertiary alicyclic amines) is 1. The quantitative estimate of drug-likeness (QED) is 0.352. The molecule has 32 heavy (non-hydrogen) atoms. The van der Waals surface area contributed by atoms with E-state index in [1.165, 1.54) is 17.0 Å². The predicted octanol–water partition coefficient (Wildman–Crippen LogP) is 6.17. The zero-order valence-corrected chi connectivity index (χ0v) is 20.6. The minimum Gasteiger partial charge on any atom is -0.496 e. The number of nitrogens with zero attached hydrogens (tertiary/aromatic N) is 2. The Kier molecular flexibility index (Phi) is 7.38. The molecule has 1 aliphatic heterocycles. The van der Waals surface area contributed by atoms with Crippen LogP contribution in [0.25, 0.3) is 11.3 Å². The number of rotatable bonds is 7. The molecule has 1 aliphatic rings. The Morgan fingerprint density at radius 2 is 1.94 bits per heavy atom. The van der Waals surface area contributed by atoms with Crippen molar-refractivity contribution in [3.05, 3.63) is 68.2 Å². The lowest BCUT2D eigenvalue weighted by Gasteiger charge is -2.31. The molecule has 2 aromatic carbocycles. The molecule has 0 spiro atoms. The van der Waals surface area contributed by atoms with E-state index in [9.17, 15) is 9.18 Å². The maximum Gasteiger partial charge on any atom is 0.166 e. The van der Waals surface area contributed by atoms with Crippen LogP contribution in [0.3, 0.4) is 0 Å². The molecule has 0 bridgehead atoms. The number of aromatic nitrogens is 1. The highest BCUT2D eigenvalue weighted by atomic mass is 79.9. The highest BCUT2D eigenvalue weighted by Gasteiger charge is 2.26. The molecule has 0 radical (unpaired) electrons. The normalized spacial score (nSPS) is 15.1. The summed E-state index contributed by atoms with van der Waals surface area (Å²) in [7, 11) is 1.66. The number of benzene rings is 2. The molecule has 0 N–H and O–H groups in total. The first-order chi connectivity index (χ1) is 15.4. The fourth-order valence-corrected chi connectivity index (χ4v) is 5.69. The zero-order chi connectivity index (χ0) is 22.7. The van der Waals surface area contributed by atoms with Crippen molar-refractivity contribution in [2.24, 2.45) is 5.92 Å². The van der Waals surface area contributed by atoms with E-state index < -0.39 is 0 Å². The Hall–Kier alpha value is -2.09. The number of piperidine rings is 1. The highest BCUT2D eigenvalue weighted by Crippen LogP contribution is 2.34. The fourth-order valence-electron chi connectivity index (χ4n) is 4.21. The summed E-state index contributed by atoms with van der Waals surface area (Å²) in [5.74, 6) is 0.654. The summed E-state index contributed by atoms with van der Waals surface area (Å²) in [4.78, 5) is 21.2. The van der Waals surface area contributed by atoms with Crippen LogP contribution in [0.1, 0.15) is 33.1 Å². The first kappa shape index (κ1) is 23.1. The van der Waals surface area contributed by atoms with Crippen LogP contribution in [0.5, 0.6) is 5.75 Å². The molecule has 7 heteroatoms. The maximum atomic E-state index is 13.1. The van der Waals surface area contributed by atoms with Gasteiger partial charge in [-0.1, -0.05) is 0 Å². The van der Waals surface area contributed by atoms with Gasteiger partial charge in [-0.2, -0.15) is 0 Å². The minimum absolute atomic E-state index is 0.0228. The number of ketones is 1. The Balaban J connectivity index is 1.36. The lowest BCUT2D eigenvalue weighted by atomic mass is 9.89. The summed E-state index contributed by atoms with van der Waals surface area (Å²) in [6, 6.07) is 12.0. The van der Waals surface area contributed by atoms with Gasteiger partial charge in [-0.15, -0.1) is 11.3 Å². The Morgan fingerprint density at radius 1 is 1.22 bits per heavy atom. The lowest BCUT2D eigenvalue weighted by molar-refractivity contribution is 0.0841. The summed E-state index contributed by atoms with van der Waals surface area (Å²) in [5.41, 5.74) is 2.73. The van der Waals surface area contributed by atoms with E-state index in [4.69, 9.17) is 9.72 Å². The average molecular weight is 517 g/mol. The first-order valence-corrected chi connectivity index (χ1v) is 12.4. The lowest BCUT2D eigenvalue weighted by Crippen LogP contribution is -2.37. The number of ether oxygens (including phenoxy) is 1. The number of halogens is 2. The van der Waals surface area contributed by atoms with Crippen molar-refractivity contribution in [2.45, 2.75) is 26.2 Å². The van der Waals surface area contributed by atoms with Crippen LogP contribution < -0.4 is 4.74 Å². The second-order valence-electron chi connectivity index (χ2n) is 8.09. The largest absolute Gasteiger partial charge is 0.496 e. The third-order valence-corrected chi connectivity index (χ3v) is 7.62. The molecule has 4 nitrogen and oxygen atoms in total. The van der Waals surface area contributed by atoms with Crippen LogP contribution in [0.4, 0.5) is 4.39 Å². The van der Waals surface area contributed by atoms with Crippen LogP contribution in [0.2, 0.25) is 0 Å². The molecule has 4 rings (SSSR count). The van der Waals surface area contributed by atoms with Crippen molar-refractivity contribution in [1.82, 2.24) is 9.88 Å². The van der Waals surface area contributed by atoms with E-state index in [-0.39, 0.29) is 17.5 Å². The van der Waals surface area contributed by atoms with Gasteiger partial charge in [-0.05, 0) is 97.7 Å². The van der Waals surface area contributed by atoms with Gasteiger partial charge in [-0.25, -0.2) is 9.37 Å². The van der Waals surface area contributed by atoms with Gasteiger partial charge in [0.05, 0.1) is 22.3 Å². The van der Waals surface area contributed by atoms with Crippen LogP contribution in [-0.2, 0) is 6.42 Å². The van der Waals surface area contributed by atoms with Crippen molar-refractivity contribution in [1.29, 1.82) is 0 Å². The number of aryl methyl sites for hydroxylation is 1. The molecule has 3 aromatic rings. The van der Waals surface area contributed by atoms with Gasteiger partial charge in [-0.3, -0.25) is 4.79 Å². The molecular formula is C25H26BrFN2O2S. The Morgan fingerprint density at radius 3 is 2.59 bits per heavy atom. The molecule has 168 valence electrons. The molecule has 1 aromatic heterocycles. The number of methoxy groups -OCH3 is 1. The molecule has 0 amide bonds. The molecule has 0 atom stereocenters. The SMILES string of the molecule is COc1ccc(-c2nc(C)sc2CCN2CCC(C(=O)c3ccc(F)cc3)CC2)cc1Br. The van der Waals surface area contributed by atoms with Gasteiger partial charge >= 0.3 is 0 Å². The summed E-state index contributed by atoms with van der Waals surface area (Å²) in [5, 5.41) is 1.06. The van der Waals surface area contributed by atoms with Crippen LogP contribution in [0, 0.1) is 18.7 Å². The van der Waals surface area contributed by atoms with E-state index in [1.54, 1.807) is 30.6 Å². The summed E-state index contributed by atoms with van der Waals surface area (Å²) in [6.45, 7) is 4.80. The monoisotopic (exact) mass is 516 g/mol. The molecule has 2 heterocycles. The summed E-state index contributed by atoms with van der Waals surface area (Å²) < 4.78 is 19.4. The van der Waals surface area contributed by atoms with Gasteiger partial charge in [0.25, 0.3) is 0 Å². The molecular weight excluding hydrogens is 491 g/mol. The van der Waals surface area contributed by atoms with Crippen LogP contribution in [-0.4, -0.2) is 42.4 Å². The summed E-state index contributed by atoms with van der Waals surface area (Å²) in [6.07, 6.45) is 2.62. The zero-order valence-electron chi connectivity index (χ0n) is 18.2. The molecule has 0 saturated carbocycles. The fraction of sp³-hybridized carbons (Fsp3) is 0.360. The Labute approximate surface area is 200 Å². The maximum absolute atomic E-state index is 13.1. The van der Waals surface area contributed by atoms with Crippen molar-refractivity contribution in [3.8, 4) is 17.0 Å². The molecule has 0 aliphatic carbocycles. The van der Waals surface area contributed by atoms with Gasteiger partial charge in [0.15, 0.2) is 5.78 Å². The van der Waals surface area contributed by atoms with E-state index in [2.05, 4.69) is 26.9 Å². The molecule has 0 unspecified atom stereocenters. The molecule has 1 fully saturated rings. The minimum atomic E-state index is -0.309. The topological polar surface area (TPSA) is 42.4 Å². The second kappa shape index (κ2) is 10.2. The third kappa shape index (κ3) is 5.27. The second-order valence-corrected chi connectivity index (χ2v) is 10.2. The number of Topliss-reactive ketones (excluding diaryl/α,β-unsaturated/α-hetero) is 1. The predicted molar refractivity (Wildman–Crippen MR) is 130 cm³/mol. The van der Waals surface area contributed by atoms with Crippen LogP contribution in [0.15, 0.2) is 46.9 Å². The van der Waals surface area contributed by atoms with E-state index in [1.807, 2.05) is 19.1 Å². The number of thiazole rings is 1. The van der Waals surface area contributed by atoms with Gasteiger partial charge in [0, 0.05) is 28.5 Å². The smallest absolute Gasteiger partial charge is 0.166 e. The number of hydrogen-bond acceptors (Lipinski definition) is 5. The standard InChI is InChI=1S/C25H26BrFN2O2S/c1-16-28-24(19-5-8-22(31-2)21(26)15-19)23(32-16)11-14-29-12-9-18(10-13-29)25(30)17-3-6-20(27)7-4-17/h3-8,15,18H,9-14H2,1-2H3. The van der Waals surface area contributed by atoms with Gasteiger partial charge in [0.1, 0.15) is 11.6 Å². The van der Waals surface area contributed by atoms with Gasteiger partial charge in [0.2, 0.25) is 0 Å². The average Bonchev–Trinajstić information content (AvgIpc) is 3.18. The van der Waals surface area contributed by atoms with E-state index in [0.717, 1.165) is 65.4 Å². The van der Waals surface area contributed by atoms with E-state index in [0.29, 0.717) is 5.56 Å². The molecule has 1 saturated heterocycles. The van der Waals surface area contributed by atoms with Crippen molar-refractivity contribution in [2.75, 3.05) is 26.7 Å². The number of carbonyl (C=O) groups excluding carboxylic acids is 1. The number of hydrogen-bond donors (Lipinski definition) is 0. The third-order valence-electron chi connectivity index (χ3n) is 5.97. The van der Waals surface area contributed by atoms with Gasteiger partial charge < -0.3 is 9.64 Å². The van der Waals surface area contributed by atoms with E-state index >= 15 is 0 Å². The van der Waals surface area contributed by atoms with Crippen molar-refractivity contribution in [3.63, 3.8) is 0 Å². The number of carbonyl (C=O) groups is 1. The van der Waals surface area contributed by atoms with Crippen molar-refractivity contribution < 1.29 is 13.9 Å². The summed E-state index contributed by atoms with van der Waals surface area (Å²) >= 11 is 5.32. The van der Waals surface area contributed by atoms with Crippen molar-refractivity contribution >= 4 is 33.0 Å². The highest BCUT2D eigenvalue weighted by molar-refractivity contribution is 9.10.